The quantitative estimate of drug-likeness (QED) is 0.184. The molecular weight excluding hydrogens is 671 g/mol. The van der Waals surface area contributed by atoms with Crippen molar-refractivity contribution in [3.8, 4) is 40.3 Å². The van der Waals surface area contributed by atoms with Gasteiger partial charge >= 0.3 is 0 Å². The Kier molecular flexibility index (Phi) is 6.61. The van der Waals surface area contributed by atoms with Gasteiger partial charge in [0, 0.05) is 37.9 Å². The summed E-state index contributed by atoms with van der Waals surface area (Å²) in [5, 5.41) is 27.4. The second-order valence-corrected chi connectivity index (χ2v) is 13.9. The number of rotatable bonds is 4. The molecular formula is C50H29N5. The van der Waals surface area contributed by atoms with Crippen molar-refractivity contribution >= 4 is 65.4 Å². The number of nitrogens with zero attached hydrogens (tertiary/aromatic N) is 5. The Morgan fingerprint density at radius 2 is 0.782 bits per heavy atom. The lowest BCUT2D eigenvalue weighted by Crippen LogP contribution is -2.00. The van der Waals surface area contributed by atoms with E-state index in [4.69, 9.17) is 0 Å². The van der Waals surface area contributed by atoms with Gasteiger partial charge in [-0.05, 0) is 72.3 Å². The fourth-order valence-electron chi connectivity index (χ4n) is 8.90. The second-order valence-electron chi connectivity index (χ2n) is 13.9. The molecule has 0 aliphatic carbocycles. The fraction of sp³-hybridized carbons (Fsp3) is 0. The number of hydrogen-bond donors (Lipinski definition) is 0. The lowest BCUT2D eigenvalue weighted by atomic mass is 10.00. The van der Waals surface area contributed by atoms with E-state index in [9.17, 15) is 10.5 Å². The first-order valence-electron chi connectivity index (χ1n) is 18.3. The summed E-state index contributed by atoms with van der Waals surface area (Å²) in [6.45, 7) is 0. The predicted octanol–water partition coefficient (Wildman–Crippen LogP) is 12.4. The normalized spacial score (nSPS) is 11.6. The zero-order valence-electron chi connectivity index (χ0n) is 29.5. The third kappa shape index (κ3) is 4.33. The maximum absolute atomic E-state index is 10.7. The van der Waals surface area contributed by atoms with Crippen molar-refractivity contribution in [1.29, 1.82) is 10.5 Å². The van der Waals surface area contributed by atoms with Crippen LogP contribution in [0.5, 0.6) is 0 Å². The summed E-state index contributed by atoms with van der Waals surface area (Å²) in [6.07, 6.45) is 0. The van der Waals surface area contributed by atoms with Gasteiger partial charge in [0.1, 0.15) is 6.07 Å². The Hall–Kier alpha value is -7.86. The molecule has 0 amide bonds. The van der Waals surface area contributed by atoms with E-state index in [1.165, 1.54) is 32.6 Å². The molecule has 0 unspecified atom stereocenters. The maximum atomic E-state index is 10.7. The van der Waals surface area contributed by atoms with Crippen molar-refractivity contribution in [2.24, 2.45) is 0 Å². The van der Waals surface area contributed by atoms with E-state index in [1.807, 2.05) is 48.5 Å². The van der Waals surface area contributed by atoms with Crippen molar-refractivity contribution in [2.45, 2.75) is 0 Å². The van der Waals surface area contributed by atoms with Crippen LogP contribution in [0.4, 0.5) is 0 Å². The highest BCUT2D eigenvalue weighted by molar-refractivity contribution is 6.17. The molecule has 3 aromatic heterocycles. The topological polar surface area (TPSA) is 62.4 Å². The number of hydrogen-bond acceptors (Lipinski definition) is 2. The highest BCUT2D eigenvalue weighted by Gasteiger charge is 2.22. The highest BCUT2D eigenvalue weighted by Crippen LogP contribution is 2.42. The number of nitriles is 2. The molecule has 0 saturated carbocycles. The molecule has 0 aliphatic heterocycles. The Labute approximate surface area is 316 Å². The van der Waals surface area contributed by atoms with Gasteiger partial charge in [-0.1, -0.05) is 109 Å². The van der Waals surface area contributed by atoms with Gasteiger partial charge in [-0.15, -0.1) is 0 Å². The molecule has 5 heteroatoms. The number of para-hydroxylation sites is 5. The minimum atomic E-state index is 0.549. The molecule has 254 valence electrons. The van der Waals surface area contributed by atoms with Gasteiger partial charge in [-0.25, -0.2) is 0 Å². The smallest absolute Gasteiger partial charge is 0.101 e. The molecule has 0 aliphatic rings. The van der Waals surface area contributed by atoms with Gasteiger partial charge in [-0.3, -0.25) is 0 Å². The molecule has 0 N–H and O–H groups in total. The summed E-state index contributed by atoms with van der Waals surface area (Å²) < 4.78 is 6.89. The molecule has 0 fully saturated rings. The first-order chi connectivity index (χ1) is 27.2. The van der Waals surface area contributed by atoms with Crippen LogP contribution in [-0.4, -0.2) is 13.7 Å². The van der Waals surface area contributed by atoms with Crippen molar-refractivity contribution in [1.82, 2.24) is 13.7 Å². The minimum Gasteiger partial charge on any atom is -0.309 e. The number of benzene rings is 8. The molecule has 0 atom stereocenters. The summed E-state index contributed by atoms with van der Waals surface area (Å²) in [4.78, 5) is 0. The highest BCUT2D eigenvalue weighted by atomic mass is 15.0. The standard InChI is InChI=1S/C50H29N5/c51-30-33-13-11-24-46-49(33)38-17-4-9-22-44(38)53(46)40-28-27-32(29-34(40)31-52)35-14-1-6-19-41(35)54-45-23-10-5-18-39(45)50-47(54)25-12-26-48(50)55-42-20-7-2-15-36(42)37-16-3-8-21-43(37)55/h1-29H. The molecule has 0 saturated heterocycles. The van der Waals surface area contributed by atoms with Crippen LogP contribution in [-0.2, 0) is 0 Å². The zero-order chi connectivity index (χ0) is 36.6. The van der Waals surface area contributed by atoms with E-state index in [1.54, 1.807) is 0 Å². The van der Waals surface area contributed by atoms with Gasteiger partial charge in [0.15, 0.2) is 0 Å². The van der Waals surface area contributed by atoms with Crippen LogP contribution in [0.2, 0.25) is 0 Å². The summed E-state index contributed by atoms with van der Waals surface area (Å²) in [6, 6.07) is 65.9. The van der Waals surface area contributed by atoms with E-state index >= 15 is 0 Å². The molecule has 0 spiro atoms. The number of aromatic nitrogens is 3. The largest absolute Gasteiger partial charge is 0.309 e. The third-order valence-electron chi connectivity index (χ3n) is 11.1. The first-order valence-corrected chi connectivity index (χ1v) is 18.3. The van der Waals surface area contributed by atoms with Crippen LogP contribution in [0.1, 0.15) is 11.1 Å². The van der Waals surface area contributed by atoms with Gasteiger partial charge < -0.3 is 13.7 Å². The molecule has 0 bridgehead atoms. The van der Waals surface area contributed by atoms with Crippen LogP contribution in [0.25, 0.3) is 93.6 Å². The summed E-state index contributed by atoms with van der Waals surface area (Å²) >= 11 is 0. The van der Waals surface area contributed by atoms with Crippen LogP contribution in [0, 0.1) is 22.7 Å². The van der Waals surface area contributed by atoms with Gasteiger partial charge in [0.25, 0.3) is 0 Å². The van der Waals surface area contributed by atoms with Crippen LogP contribution < -0.4 is 0 Å². The molecule has 3 heterocycles. The maximum Gasteiger partial charge on any atom is 0.101 e. The molecule has 5 nitrogen and oxygen atoms in total. The van der Waals surface area contributed by atoms with E-state index in [2.05, 4.69) is 153 Å². The Bertz CT molecular complexity index is 3420. The van der Waals surface area contributed by atoms with Gasteiger partial charge in [0.2, 0.25) is 0 Å². The van der Waals surface area contributed by atoms with Crippen molar-refractivity contribution < 1.29 is 0 Å². The van der Waals surface area contributed by atoms with Crippen LogP contribution in [0.3, 0.4) is 0 Å². The average molecular weight is 700 g/mol. The lowest BCUT2D eigenvalue weighted by molar-refractivity contribution is 1.16. The summed E-state index contributed by atoms with van der Waals surface area (Å²) in [7, 11) is 0. The van der Waals surface area contributed by atoms with E-state index < -0.39 is 0 Å². The summed E-state index contributed by atoms with van der Waals surface area (Å²) in [5.74, 6) is 0. The Balaban J connectivity index is 1.15. The monoisotopic (exact) mass is 699 g/mol. The predicted molar refractivity (Wildman–Crippen MR) is 224 cm³/mol. The SMILES string of the molecule is N#Cc1cc(-c2ccccc2-n2c3ccccc3c3c(-n4c5ccccc5c5ccccc54)cccc32)ccc1-n1c2ccccc2c2c(C#N)cccc21. The van der Waals surface area contributed by atoms with Gasteiger partial charge in [0.05, 0.1) is 67.4 Å². The minimum absolute atomic E-state index is 0.549. The Morgan fingerprint density at radius 1 is 0.327 bits per heavy atom. The molecule has 11 aromatic rings. The second kappa shape index (κ2) is 11.8. The molecule has 8 aromatic carbocycles. The Morgan fingerprint density at radius 3 is 1.44 bits per heavy atom. The van der Waals surface area contributed by atoms with E-state index in [0.29, 0.717) is 11.1 Å². The molecule has 0 radical (unpaired) electrons. The zero-order valence-corrected chi connectivity index (χ0v) is 29.5. The molecule has 55 heavy (non-hydrogen) atoms. The van der Waals surface area contributed by atoms with Crippen molar-refractivity contribution in [3.63, 3.8) is 0 Å². The first kappa shape index (κ1) is 30.7. The lowest BCUT2D eigenvalue weighted by Gasteiger charge is -2.16. The molecule has 11 rings (SSSR count). The van der Waals surface area contributed by atoms with Crippen LogP contribution >= 0.6 is 0 Å². The van der Waals surface area contributed by atoms with Crippen molar-refractivity contribution in [2.75, 3.05) is 0 Å². The van der Waals surface area contributed by atoms with E-state index in [0.717, 1.165) is 61.0 Å². The summed E-state index contributed by atoms with van der Waals surface area (Å²) in [5.41, 5.74) is 12.5. The van der Waals surface area contributed by atoms with Gasteiger partial charge in [-0.2, -0.15) is 10.5 Å². The third-order valence-corrected chi connectivity index (χ3v) is 11.1. The fourth-order valence-corrected chi connectivity index (χ4v) is 8.90. The number of fused-ring (bicyclic) bond motifs is 9. The van der Waals surface area contributed by atoms with Crippen molar-refractivity contribution in [3.05, 3.63) is 187 Å². The van der Waals surface area contributed by atoms with Crippen LogP contribution in [0.15, 0.2) is 176 Å². The van der Waals surface area contributed by atoms with E-state index in [-0.39, 0.29) is 0 Å². The average Bonchev–Trinajstić information content (AvgIpc) is 3.89.